The van der Waals surface area contributed by atoms with E-state index in [4.69, 9.17) is 18.9 Å². The van der Waals surface area contributed by atoms with Crippen molar-refractivity contribution in [2.45, 2.75) is 48.4 Å². The summed E-state index contributed by atoms with van der Waals surface area (Å²) in [7, 11) is -3.49. The van der Waals surface area contributed by atoms with E-state index in [1.54, 1.807) is 12.1 Å². The molecule has 0 spiro atoms. The molecule has 0 aliphatic carbocycles. The number of sulfone groups is 1. The molecule has 0 aromatic heterocycles. The first-order chi connectivity index (χ1) is 18.4. The summed E-state index contributed by atoms with van der Waals surface area (Å²) in [6.45, 7) is 3.46. The maximum absolute atomic E-state index is 13.3. The van der Waals surface area contributed by atoms with E-state index in [1.165, 1.54) is 0 Å². The highest BCUT2D eigenvalue weighted by molar-refractivity contribution is 9.09. The molecule has 202 valence electrons. The van der Waals surface area contributed by atoms with Gasteiger partial charge >= 0.3 is 0 Å². The van der Waals surface area contributed by atoms with Crippen LogP contribution in [0.4, 0.5) is 0 Å². The molecule has 2 saturated heterocycles. The van der Waals surface area contributed by atoms with E-state index >= 15 is 0 Å². The number of rotatable bonds is 10. The average Bonchev–Trinajstić information content (AvgIpc) is 3.31. The van der Waals surface area contributed by atoms with Crippen molar-refractivity contribution in [2.75, 3.05) is 19.0 Å². The second-order valence-corrected chi connectivity index (χ2v) is 13.1. The maximum atomic E-state index is 13.3. The SMILES string of the molecule is Cc1ccc(S(=O)(=O)C[C@@H]2CO[C@H]3O[C@H](COCc4ccccc4)[C@@H](OCc4ccccc4)[C@H](Br)[C@@H]23)cc1. The Bertz CT molecular complexity index is 1270. The monoisotopic (exact) mass is 600 g/mol. The summed E-state index contributed by atoms with van der Waals surface area (Å²) in [5.41, 5.74) is 3.16. The molecule has 0 radical (unpaired) electrons. The number of alkyl halides is 1. The molecule has 0 bridgehead atoms. The van der Waals surface area contributed by atoms with Crippen LogP contribution in [0.1, 0.15) is 16.7 Å². The highest BCUT2D eigenvalue weighted by Gasteiger charge is 2.53. The zero-order valence-electron chi connectivity index (χ0n) is 21.3. The van der Waals surface area contributed by atoms with Crippen LogP contribution in [0.3, 0.4) is 0 Å². The van der Waals surface area contributed by atoms with E-state index in [9.17, 15) is 8.42 Å². The molecule has 0 saturated carbocycles. The van der Waals surface area contributed by atoms with Gasteiger partial charge in [-0.2, -0.15) is 0 Å². The van der Waals surface area contributed by atoms with E-state index in [2.05, 4.69) is 15.9 Å². The molecule has 8 heteroatoms. The number of ether oxygens (including phenoxy) is 4. The highest BCUT2D eigenvalue weighted by atomic mass is 79.9. The maximum Gasteiger partial charge on any atom is 0.178 e. The van der Waals surface area contributed by atoms with Gasteiger partial charge in [0, 0.05) is 11.8 Å². The minimum atomic E-state index is -3.49. The Morgan fingerprint density at radius 1 is 0.895 bits per heavy atom. The quantitative estimate of drug-likeness (QED) is 0.293. The molecule has 2 heterocycles. The molecule has 6 atom stereocenters. The Kier molecular flexibility index (Phi) is 8.98. The summed E-state index contributed by atoms with van der Waals surface area (Å²) in [6.07, 6.45) is -1.25. The van der Waals surface area contributed by atoms with Crippen LogP contribution in [0.2, 0.25) is 0 Å². The van der Waals surface area contributed by atoms with E-state index in [-0.39, 0.29) is 34.6 Å². The zero-order chi connectivity index (χ0) is 26.5. The number of benzene rings is 3. The van der Waals surface area contributed by atoms with Crippen molar-refractivity contribution >= 4 is 25.8 Å². The van der Waals surface area contributed by atoms with Crippen molar-refractivity contribution in [3.63, 3.8) is 0 Å². The third-order valence-corrected chi connectivity index (χ3v) is 10.2. The van der Waals surface area contributed by atoms with Gasteiger partial charge in [0.25, 0.3) is 0 Å². The fourth-order valence-electron chi connectivity index (χ4n) is 5.13. The Morgan fingerprint density at radius 3 is 2.18 bits per heavy atom. The minimum Gasteiger partial charge on any atom is -0.374 e. The molecule has 2 fully saturated rings. The van der Waals surface area contributed by atoms with Crippen molar-refractivity contribution in [3.8, 4) is 0 Å². The summed E-state index contributed by atoms with van der Waals surface area (Å²) in [5.74, 6) is -0.422. The van der Waals surface area contributed by atoms with Gasteiger partial charge in [0.15, 0.2) is 16.1 Å². The molecule has 0 unspecified atom stereocenters. The minimum absolute atomic E-state index is 0.0106. The molecule has 38 heavy (non-hydrogen) atoms. The smallest absolute Gasteiger partial charge is 0.178 e. The number of fused-ring (bicyclic) bond motifs is 1. The van der Waals surface area contributed by atoms with Crippen molar-refractivity contribution in [2.24, 2.45) is 11.8 Å². The van der Waals surface area contributed by atoms with Gasteiger partial charge in [-0.3, -0.25) is 0 Å². The van der Waals surface area contributed by atoms with Gasteiger partial charge in [0.05, 0.1) is 48.0 Å². The lowest BCUT2D eigenvalue weighted by Gasteiger charge is -2.42. The highest BCUT2D eigenvalue weighted by Crippen LogP contribution is 2.43. The Hall–Kier alpha value is -2.07. The van der Waals surface area contributed by atoms with Gasteiger partial charge in [-0.05, 0) is 30.2 Å². The third kappa shape index (κ3) is 6.55. The van der Waals surface area contributed by atoms with Crippen LogP contribution < -0.4 is 0 Å². The van der Waals surface area contributed by atoms with Gasteiger partial charge in [-0.25, -0.2) is 8.42 Å². The molecular weight excluding hydrogens is 568 g/mol. The van der Waals surface area contributed by atoms with Crippen LogP contribution in [0.5, 0.6) is 0 Å². The topological polar surface area (TPSA) is 71.1 Å². The Balaban J connectivity index is 1.30. The molecule has 2 aliphatic heterocycles. The predicted octanol–water partition coefficient (Wildman–Crippen LogP) is 5.32. The second kappa shape index (κ2) is 12.4. The average molecular weight is 602 g/mol. The molecular formula is C30H33BrO6S. The van der Waals surface area contributed by atoms with E-state index in [0.29, 0.717) is 31.3 Å². The van der Waals surface area contributed by atoms with Gasteiger partial charge in [0.1, 0.15) is 6.10 Å². The summed E-state index contributed by atoms with van der Waals surface area (Å²) < 4.78 is 51.4. The fourth-order valence-corrected chi connectivity index (χ4v) is 7.93. The number of aryl methyl sites for hydroxylation is 1. The molecule has 5 rings (SSSR count). The molecule has 3 aromatic rings. The summed E-state index contributed by atoms with van der Waals surface area (Å²) in [4.78, 5) is 0.162. The number of halogens is 1. The van der Waals surface area contributed by atoms with Crippen molar-refractivity contribution in [1.29, 1.82) is 0 Å². The van der Waals surface area contributed by atoms with Crippen LogP contribution in [0.15, 0.2) is 89.8 Å². The van der Waals surface area contributed by atoms with Gasteiger partial charge in [0.2, 0.25) is 0 Å². The first kappa shape index (κ1) is 27.5. The molecule has 0 amide bonds. The molecule has 2 aliphatic rings. The predicted molar refractivity (Wildman–Crippen MR) is 149 cm³/mol. The lowest BCUT2D eigenvalue weighted by atomic mass is 9.86. The van der Waals surface area contributed by atoms with Crippen LogP contribution in [-0.4, -0.2) is 50.7 Å². The first-order valence-electron chi connectivity index (χ1n) is 12.9. The third-order valence-electron chi connectivity index (χ3n) is 7.18. The Morgan fingerprint density at radius 2 is 1.53 bits per heavy atom. The van der Waals surface area contributed by atoms with Gasteiger partial charge in [-0.15, -0.1) is 0 Å². The zero-order valence-corrected chi connectivity index (χ0v) is 23.7. The first-order valence-corrected chi connectivity index (χ1v) is 15.5. The fraction of sp³-hybridized carbons (Fsp3) is 0.400. The van der Waals surface area contributed by atoms with Crippen molar-refractivity contribution in [1.82, 2.24) is 0 Å². The normalized spacial score (nSPS) is 27.2. The lowest BCUT2D eigenvalue weighted by molar-refractivity contribution is -0.238. The van der Waals surface area contributed by atoms with Crippen LogP contribution in [0.25, 0.3) is 0 Å². The molecule has 3 aromatic carbocycles. The van der Waals surface area contributed by atoms with Gasteiger partial charge in [-0.1, -0.05) is 94.3 Å². The summed E-state index contributed by atoms with van der Waals surface area (Å²) >= 11 is 3.89. The van der Waals surface area contributed by atoms with Crippen molar-refractivity contribution in [3.05, 3.63) is 102 Å². The van der Waals surface area contributed by atoms with Crippen molar-refractivity contribution < 1.29 is 27.4 Å². The van der Waals surface area contributed by atoms with Gasteiger partial charge < -0.3 is 18.9 Å². The number of hydrogen-bond acceptors (Lipinski definition) is 6. The van der Waals surface area contributed by atoms with Crippen LogP contribution in [-0.2, 0) is 42.0 Å². The summed E-state index contributed by atoms with van der Waals surface area (Å²) in [5, 5.41) is 0. The lowest BCUT2D eigenvalue weighted by Crippen LogP contribution is -2.55. The Labute approximate surface area is 233 Å². The van der Waals surface area contributed by atoms with E-state index < -0.39 is 16.1 Å². The number of hydrogen-bond donors (Lipinski definition) is 0. The van der Waals surface area contributed by atoms with E-state index in [0.717, 1.165) is 16.7 Å². The largest absolute Gasteiger partial charge is 0.374 e. The second-order valence-electron chi connectivity index (χ2n) is 10.0. The summed E-state index contributed by atoms with van der Waals surface area (Å²) in [6, 6.07) is 27.0. The standard InChI is InChI=1S/C30H33BrO6S/c1-21-12-14-25(15-13-21)38(32,33)20-24-18-36-30-27(24)28(31)29(35-17-23-10-6-3-7-11-23)26(37-30)19-34-16-22-8-4-2-5-9-22/h2-15,24,26-30H,16-20H2,1H3/t24-,26+,27+,28+,29+,30-/m0/s1. The van der Waals surface area contributed by atoms with E-state index in [1.807, 2.05) is 79.7 Å². The van der Waals surface area contributed by atoms with Crippen LogP contribution in [0, 0.1) is 18.8 Å². The molecule has 0 N–H and O–H groups in total. The molecule has 6 nitrogen and oxygen atoms in total. The van der Waals surface area contributed by atoms with Crippen LogP contribution >= 0.6 is 15.9 Å².